The summed E-state index contributed by atoms with van der Waals surface area (Å²) in [5.74, 6) is 8.10. The number of aliphatic hydroxyl groups is 1. The van der Waals surface area contributed by atoms with E-state index in [1.807, 2.05) is 7.11 Å². The molecule has 2 aromatic rings. The normalized spacial score (nSPS) is 28.2. The van der Waals surface area contributed by atoms with Crippen LogP contribution in [0.5, 0.6) is 0 Å². The average Bonchev–Trinajstić information content (AvgIpc) is 3.38. The van der Waals surface area contributed by atoms with Gasteiger partial charge in [-0.3, -0.25) is 4.90 Å². The largest absolute Gasteiger partial charge is 0.395 e. The van der Waals surface area contributed by atoms with Crippen LogP contribution < -0.4 is 0 Å². The molecule has 0 amide bonds. The Kier molecular flexibility index (Phi) is 6.08. The molecule has 1 aromatic carbocycles. The van der Waals surface area contributed by atoms with Gasteiger partial charge in [-0.1, -0.05) is 29.2 Å². The number of aromatic nitrogens is 3. The third-order valence-corrected chi connectivity index (χ3v) is 7.16. The Labute approximate surface area is 184 Å². The monoisotopic (exact) mass is 420 g/mol. The molecule has 3 aliphatic rings. The highest BCUT2D eigenvalue weighted by Gasteiger charge is 2.43. The number of nitrogens with zero attached hydrogens (tertiary/aromatic N) is 4. The van der Waals surface area contributed by atoms with E-state index in [-0.39, 0.29) is 12.7 Å². The van der Waals surface area contributed by atoms with Gasteiger partial charge in [-0.2, -0.15) is 0 Å². The number of hydrogen-bond acceptors (Lipinski definition) is 5. The highest BCUT2D eigenvalue weighted by molar-refractivity contribution is 5.36. The van der Waals surface area contributed by atoms with Gasteiger partial charge in [-0.15, -0.1) is 5.10 Å². The topological polar surface area (TPSA) is 63.4 Å². The predicted octanol–water partition coefficient (Wildman–Crippen LogP) is 2.99. The molecule has 4 atom stereocenters. The van der Waals surface area contributed by atoms with Gasteiger partial charge >= 0.3 is 0 Å². The van der Waals surface area contributed by atoms with Gasteiger partial charge < -0.3 is 9.84 Å². The van der Waals surface area contributed by atoms with Crippen molar-refractivity contribution in [2.24, 2.45) is 11.8 Å². The third-order valence-electron chi connectivity index (χ3n) is 7.16. The summed E-state index contributed by atoms with van der Waals surface area (Å²) in [4.78, 5) is 2.59. The molecule has 2 heterocycles. The molecule has 1 saturated heterocycles. The zero-order chi connectivity index (χ0) is 21.2. The van der Waals surface area contributed by atoms with Gasteiger partial charge in [0.05, 0.1) is 24.4 Å². The summed E-state index contributed by atoms with van der Waals surface area (Å²) in [7, 11) is 1.84. The van der Waals surface area contributed by atoms with E-state index in [1.54, 1.807) is 0 Å². The number of likely N-dealkylation sites (tertiary alicyclic amines) is 1. The third kappa shape index (κ3) is 4.69. The fraction of sp³-hybridized carbons (Fsp3) is 0.600. The maximum absolute atomic E-state index is 8.85. The molecule has 0 bridgehead atoms. The Morgan fingerprint density at radius 3 is 2.61 bits per heavy atom. The maximum atomic E-state index is 8.85. The van der Waals surface area contributed by atoms with Crippen LogP contribution in [-0.4, -0.2) is 57.9 Å². The van der Waals surface area contributed by atoms with Crippen LogP contribution in [0.1, 0.15) is 60.9 Å². The van der Waals surface area contributed by atoms with E-state index in [0.29, 0.717) is 30.2 Å². The zero-order valence-corrected chi connectivity index (χ0v) is 18.3. The molecule has 5 rings (SSSR count). The average molecular weight is 421 g/mol. The van der Waals surface area contributed by atoms with Gasteiger partial charge in [0.2, 0.25) is 0 Å². The van der Waals surface area contributed by atoms with Crippen molar-refractivity contribution in [3.63, 3.8) is 0 Å². The minimum atomic E-state index is 0.117. The van der Waals surface area contributed by atoms with Gasteiger partial charge in [0.1, 0.15) is 0 Å². The number of hydrogen-bond donors (Lipinski definition) is 1. The molecule has 0 unspecified atom stereocenters. The molecule has 1 N–H and O–H groups in total. The molecular formula is C25H32N4O2. The fourth-order valence-electron chi connectivity index (χ4n) is 5.34. The number of aliphatic hydroxyl groups excluding tert-OH is 1. The van der Waals surface area contributed by atoms with Crippen molar-refractivity contribution in [2.45, 2.75) is 56.7 Å². The van der Waals surface area contributed by atoms with Gasteiger partial charge in [-0.05, 0) is 55.2 Å². The maximum Gasteiger partial charge on any atom is 0.0858 e. The number of benzene rings is 1. The van der Waals surface area contributed by atoms with Crippen molar-refractivity contribution >= 4 is 0 Å². The molecule has 164 valence electrons. The van der Waals surface area contributed by atoms with Crippen molar-refractivity contribution in [3.8, 4) is 11.8 Å². The van der Waals surface area contributed by atoms with E-state index in [0.717, 1.165) is 43.7 Å². The molecule has 6 heteroatoms. The highest BCUT2D eigenvalue weighted by Crippen LogP contribution is 2.43. The first kappa shape index (κ1) is 20.7. The van der Waals surface area contributed by atoms with E-state index in [9.17, 15) is 0 Å². The van der Waals surface area contributed by atoms with Crippen molar-refractivity contribution in [1.29, 1.82) is 0 Å². The lowest BCUT2D eigenvalue weighted by Gasteiger charge is -2.37. The smallest absolute Gasteiger partial charge is 0.0858 e. The van der Waals surface area contributed by atoms with Crippen LogP contribution >= 0.6 is 0 Å². The highest BCUT2D eigenvalue weighted by atomic mass is 16.5. The standard InChI is InChI=1S/C25H32N4O2/c1-31-25-13-22-16-28(14-19-7-5-18(6-8-19)4-2-3-11-30)15-21(22)12-24(25)29-17-23(26-27-29)20-9-10-20/h5-8,17,20-22,24-25,30H,3,9-16H2,1H3/t21-,22+,24-,25-/m1/s1. The number of methoxy groups -OCH3 is 1. The van der Waals surface area contributed by atoms with Gasteiger partial charge in [0.15, 0.2) is 0 Å². The summed E-state index contributed by atoms with van der Waals surface area (Å²) >= 11 is 0. The van der Waals surface area contributed by atoms with Crippen LogP contribution in [0.3, 0.4) is 0 Å². The number of ether oxygens (including phenoxy) is 1. The molecule has 1 aromatic heterocycles. The number of rotatable bonds is 6. The first-order chi connectivity index (χ1) is 15.2. The molecule has 1 aliphatic heterocycles. The second kappa shape index (κ2) is 9.12. The van der Waals surface area contributed by atoms with E-state index >= 15 is 0 Å². The Morgan fingerprint density at radius 2 is 1.90 bits per heavy atom. The zero-order valence-electron chi connectivity index (χ0n) is 18.3. The molecule has 6 nitrogen and oxygen atoms in total. The second-order valence-electron chi connectivity index (χ2n) is 9.40. The minimum Gasteiger partial charge on any atom is -0.395 e. The van der Waals surface area contributed by atoms with Crippen LogP contribution in [-0.2, 0) is 11.3 Å². The van der Waals surface area contributed by atoms with Crippen molar-refractivity contribution in [3.05, 3.63) is 47.3 Å². The SMILES string of the molecule is CO[C@@H]1C[C@H]2CN(Cc3ccc(C#CCCO)cc3)C[C@H]2C[C@H]1n1cc(C2CC2)nn1. The summed E-state index contributed by atoms with van der Waals surface area (Å²) in [5, 5.41) is 17.8. The van der Waals surface area contributed by atoms with E-state index in [2.05, 4.69) is 62.2 Å². The summed E-state index contributed by atoms with van der Waals surface area (Å²) in [6, 6.07) is 8.83. The van der Waals surface area contributed by atoms with E-state index in [4.69, 9.17) is 9.84 Å². The van der Waals surface area contributed by atoms with Gasteiger partial charge in [-0.25, -0.2) is 4.68 Å². The number of fused-ring (bicyclic) bond motifs is 1. The van der Waals surface area contributed by atoms with Crippen molar-refractivity contribution < 1.29 is 9.84 Å². The lowest BCUT2D eigenvalue weighted by molar-refractivity contribution is -0.00546. The molecule has 0 spiro atoms. The Hall–Kier alpha value is -2.20. The van der Waals surface area contributed by atoms with Gasteiger partial charge in [0.25, 0.3) is 0 Å². The lowest BCUT2D eigenvalue weighted by atomic mass is 9.77. The van der Waals surface area contributed by atoms with Crippen LogP contribution in [0.15, 0.2) is 30.5 Å². The van der Waals surface area contributed by atoms with Crippen LogP contribution in [0.2, 0.25) is 0 Å². The minimum absolute atomic E-state index is 0.117. The quantitative estimate of drug-likeness (QED) is 0.728. The first-order valence-corrected chi connectivity index (χ1v) is 11.6. The van der Waals surface area contributed by atoms with Gasteiger partial charge in [0, 0.05) is 50.8 Å². The molecule has 2 saturated carbocycles. The van der Waals surface area contributed by atoms with Crippen LogP contribution in [0.25, 0.3) is 0 Å². The van der Waals surface area contributed by atoms with Crippen LogP contribution in [0.4, 0.5) is 0 Å². The molecular weight excluding hydrogens is 388 g/mol. The fourth-order valence-corrected chi connectivity index (χ4v) is 5.34. The van der Waals surface area contributed by atoms with Crippen molar-refractivity contribution in [1.82, 2.24) is 19.9 Å². The molecule has 0 radical (unpaired) electrons. The summed E-state index contributed by atoms with van der Waals surface area (Å²) in [6.07, 6.45) is 7.64. The molecule has 3 fully saturated rings. The van der Waals surface area contributed by atoms with E-state index < -0.39 is 0 Å². The summed E-state index contributed by atoms with van der Waals surface area (Å²) in [5.41, 5.74) is 3.50. The second-order valence-corrected chi connectivity index (χ2v) is 9.40. The van der Waals surface area contributed by atoms with Crippen molar-refractivity contribution in [2.75, 3.05) is 26.8 Å². The summed E-state index contributed by atoms with van der Waals surface area (Å²) in [6.45, 7) is 3.38. The predicted molar refractivity (Wildman–Crippen MR) is 118 cm³/mol. The Bertz CT molecular complexity index is 940. The van der Waals surface area contributed by atoms with Crippen LogP contribution in [0, 0.1) is 23.7 Å². The molecule has 2 aliphatic carbocycles. The Morgan fingerprint density at radius 1 is 1.13 bits per heavy atom. The first-order valence-electron chi connectivity index (χ1n) is 11.6. The van der Waals surface area contributed by atoms with E-state index in [1.165, 1.54) is 18.4 Å². The summed E-state index contributed by atoms with van der Waals surface area (Å²) < 4.78 is 8.02. The molecule has 31 heavy (non-hydrogen) atoms. The lowest BCUT2D eigenvalue weighted by Crippen LogP contribution is -2.37. The Balaban J connectivity index is 1.21.